The van der Waals surface area contributed by atoms with Gasteiger partial charge in [0.1, 0.15) is 0 Å². The lowest BCUT2D eigenvalue weighted by Gasteiger charge is -2.36. The summed E-state index contributed by atoms with van der Waals surface area (Å²) >= 11 is 0. The molecule has 0 saturated carbocycles. The molecule has 8 nitrogen and oxygen atoms in total. The molecule has 1 fully saturated rings. The molecule has 164 valence electrons. The molecule has 2 aromatic rings. The van der Waals surface area contributed by atoms with E-state index in [1.165, 1.54) is 24.0 Å². The predicted octanol–water partition coefficient (Wildman–Crippen LogP) is 1.22. The van der Waals surface area contributed by atoms with Gasteiger partial charge in [-0.05, 0) is 30.7 Å². The largest absolute Gasteiger partial charge is 0.339 e. The Bertz CT molecular complexity index is 1080. The zero-order valence-electron chi connectivity index (χ0n) is 17.4. The van der Waals surface area contributed by atoms with Crippen molar-refractivity contribution in [2.45, 2.75) is 24.1 Å². The SMILES string of the molecule is CC(=O)N1CCN(C(=O)C(NC(=O)c2ccccc2C)S(=O)(=O)c2ccccc2)CC1. The number of nitrogens with one attached hydrogen (secondary N) is 1. The van der Waals surface area contributed by atoms with Crippen LogP contribution in [-0.2, 0) is 19.4 Å². The summed E-state index contributed by atoms with van der Waals surface area (Å²) < 4.78 is 26.6. The summed E-state index contributed by atoms with van der Waals surface area (Å²) in [6, 6.07) is 14.3. The molecule has 2 aromatic carbocycles. The van der Waals surface area contributed by atoms with Crippen LogP contribution in [0, 0.1) is 6.92 Å². The molecular formula is C22H25N3O5S. The second-order valence-corrected chi connectivity index (χ2v) is 9.39. The highest BCUT2D eigenvalue weighted by Gasteiger charge is 2.39. The highest BCUT2D eigenvalue weighted by atomic mass is 32.2. The fourth-order valence-corrected chi connectivity index (χ4v) is 4.94. The molecular weight excluding hydrogens is 418 g/mol. The Kier molecular flexibility index (Phi) is 6.74. The summed E-state index contributed by atoms with van der Waals surface area (Å²) in [7, 11) is -4.20. The quantitative estimate of drug-likeness (QED) is 0.748. The van der Waals surface area contributed by atoms with Crippen LogP contribution in [0.3, 0.4) is 0 Å². The molecule has 3 rings (SSSR count). The first-order valence-electron chi connectivity index (χ1n) is 9.91. The van der Waals surface area contributed by atoms with Gasteiger partial charge in [-0.15, -0.1) is 0 Å². The van der Waals surface area contributed by atoms with Crippen LogP contribution in [0.15, 0.2) is 59.5 Å². The van der Waals surface area contributed by atoms with Gasteiger partial charge in [-0.1, -0.05) is 36.4 Å². The number of sulfone groups is 1. The fraction of sp³-hybridized carbons (Fsp3) is 0.318. The first-order chi connectivity index (χ1) is 14.7. The Balaban J connectivity index is 1.91. The van der Waals surface area contributed by atoms with Gasteiger partial charge in [0.05, 0.1) is 4.90 Å². The average molecular weight is 444 g/mol. The van der Waals surface area contributed by atoms with Crippen LogP contribution in [0.1, 0.15) is 22.8 Å². The summed E-state index contributed by atoms with van der Waals surface area (Å²) in [5, 5.41) is 0.673. The second kappa shape index (κ2) is 9.30. The third kappa shape index (κ3) is 4.93. The van der Waals surface area contributed by atoms with Gasteiger partial charge in [-0.2, -0.15) is 0 Å². The number of nitrogens with zero attached hydrogens (tertiary/aromatic N) is 2. The van der Waals surface area contributed by atoms with E-state index in [1.807, 2.05) is 0 Å². The van der Waals surface area contributed by atoms with Crippen molar-refractivity contribution in [3.63, 3.8) is 0 Å². The zero-order chi connectivity index (χ0) is 22.6. The molecule has 9 heteroatoms. The van der Waals surface area contributed by atoms with E-state index in [1.54, 1.807) is 54.3 Å². The molecule has 1 unspecified atom stereocenters. The Morgan fingerprint density at radius 3 is 2.00 bits per heavy atom. The van der Waals surface area contributed by atoms with Crippen LogP contribution in [0.2, 0.25) is 0 Å². The molecule has 1 saturated heterocycles. The minimum absolute atomic E-state index is 0.0548. The fourth-order valence-electron chi connectivity index (χ4n) is 3.45. The molecule has 1 heterocycles. The normalized spacial score (nSPS) is 15.3. The van der Waals surface area contributed by atoms with Crippen LogP contribution in [-0.4, -0.2) is 67.5 Å². The van der Waals surface area contributed by atoms with Crippen molar-refractivity contribution in [3.8, 4) is 0 Å². The Hall–Kier alpha value is -3.20. The predicted molar refractivity (Wildman–Crippen MR) is 115 cm³/mol. The van der Waals surface area contributed by atoms with Crippen molar-refractivity contribution in [2.24, 2.45) is 0 Å². The van der Waals surface area contributed by atoms with Crippen molar-refractivity contribution in [1.82, 2.24) is 15.1 Å². The van der Waals surface area contributed by atoms with Gasteiger partial charge in [-0.25, -0.2) is 8.42 Å². The summed E-state index contributed by atoms with van der Waals surface area (Å²) in [6.07, 6.45) is 0. The second-order valence-electron chi connectivity index (χ2n) is 7.36. The van der Waals surface area contributed by atoms with Crippen LogP contribution in [0.4, 0.5) is 0 Å². The summed E-state index contributed by atoms with van der Waals surface area (Å²) in [6.45, 7) is 4.19. The number of hydrogen-bond acceptors (Lipinski definition) is 5. The van der Waals surface area contributed by atoms with Gasteiger partial charge < -0.3 is 15.1 Å². The van der Waals surface area contributed by atoms with E-state index in [9.17, 15) is 22.8 Å². The third-order valence-corrected chi connectivity index (χ3v) is 7.16. The number of rotatable bonds is 5. The Morgan fingerprint density at radius 1 is 0.871 bits per heavy atom. The number of carbonyl (C=O) groups excluding carboxylic acids is 3. The lowest BCUT2D eigenvalue weighted by atomic mass is 10.1. The van der Waals surface area contributed by atoms with E-state index in [2.05, 4.69) is 5.32 Å². The van der Waals surface area contributed by atoms with E-state index < -0.39 is 27.0 Å². The van der Waals surface area contributed by atoms with Crippen molar-refractivity contribution < 1.29 is 22.8 Å². The molecule has 3 amide bonds. The standard InChI is InChI=1S/C22H25N3O5S/c1-16-8-6-7-11-19(16)20(27)23-21(31(29,30)18-9-4-3-5-10-18)22(28)25-14-12-24(13-15-25)17(2)26/h3-11,21H,12-15H2,1-2H3,(H,23,27). The van der Waals surface area contributed by atoms with Gasteiger partial charge in [0.15, 0.2) is 0 Å². The number of piperazine rings is 1. The summed E-state index contributed by atoms with van der Waals surface area (Å²) in [5.74, 6) is -1.46. The molecule has 1 atom stereocenters. The molecule has 0 spiro atoms. The summed E-state index contributed by atoms with van der Waals surface area (Å²) in [4.78, 5) is 40.6. The monoisotopic (exact) mass is 443 g/mol. The zero-order valence-corrected chi connectivity index (χ0v) is 18.3. The van der Waals surface area contributed by atoms with Crippen LogP contribution >= 0.6 is 0 Å². The van der Waals surface area contributed by atoms with Gasteiger partial charge in [0.25, 0.3) is 11.8 Å². The van der Waals surface area contributed by atoms with E-state index >= 15 is 0 Å². The lowest BCUT2D eigenvalue weighted by molar-refractivity contribution is -0.138. The van der Waals surface area contributed by atoms with Crippen molar-refractivity contribution >= 4 is 27.6 Å². The van der Waals surface area contributed by atoms with E-state index in [0.717, 1.165) is 0 Å². The van der Waals surface area contributed by atoms with Crippen LogP contribution < -0.4 is 5.32 Å². The van der Waals surface area contributed by atoms with Gasteiger partial charge >= 0.3 is 0 Å². The van der Waals surface area contributed by atoms with Crippen LogP contribution in [0.5, 0.6) is 0 Å². The van der Waals surface area contributed by atoms with E-state index in [-0.39, 0.29) is 23.9 Å². The van der Waals surface area contributed by atoms with Crippen LogP contribution in [0.25, 0.3) is 0 Å². The van der Waals surface area contributed by atoms with Gasteiger partial charge in [-0.3, -0.25) is 14.4 Å². The average Bonchev–Trinajstić information content (AvgIpc) is 2.77. The minimum Gasteiger partial charge on any atom is -0.339 e. The molecule has 0 aromatic heterocycles. The first kappa shape index (κ1) is 22.5. The van der Waals surface area contributed by atoms with Crippen molar-refractivity contribution in [2.75, 3.05) is 26.2 Å². The molecule has 0 radical (unpaired) electrons. The molecule has 1 N–H and O–H groups in total. The number of benzene rings is 2. The minimum atomic E-state index is -4.20. The number of amides is 3. The summed E-state index contributed by atoms with van der Waals surface area (Å²) in [5.41, 5.74) is 0.961. The number of aryl methyl sites for hydroxylation is 1. The lowest BCUT2D eigenvalue weighted by Crippen LogP contribution is -2.57. The van der Waals surface area contributed by atoms with E-state index in [4.69, 9.17) is 0 Å². The maximum absolute atomic E-state index is 13.3. The van der Waals surface area contributed by atoms with Gasteiger partial charge in [0.2, 0.25) is 21.1 Å². The van der Waals surface area contributed by atoms with Crippen molar-refractivity contribution in [1.29, 1.82) is 0 Å². The third-order valence-electron chi connectivity index (χ3n) is 5.29. The highest BCUT2D eigenvalue weighted by Crippen LogP contribution is 2.18. The molecule has 31 heavy (non-hydrogen) atoms. The Labute approximate surface area is 181 Å². The molecule has 1 aliphatic heterocycles. The molecule has 1 aliphatic rings. The maximum Gasteiger partial charge on any atom is 0.261 e. The Morgan fingerprint density at radius 2 is 1.42 bits per heavy atom. The van der Waals surface area contributed by atoms with Crippen molar-refractivity contribution in [3.05, 3.63) is 65.7 Å². The number of hydrogen-bond donors (Lipinski definition) is 1. The molecule has 0 bridgehead atoms. The highest BCUT2D eigenvalue weighted by molar-refractivity contribution is 7.92. The first-order valence-corrected chi connectivity index (χ1v) is 11.5. The number of carbonyl (C=O) groups is 3. The maximum atomic E-state index is 13.3. The van der Waals surface area contributed by atoms with Gasteiger partial charge in [0, 0.05) is 38.7 Å². The van der Waals surface area contributed by atoms with E-state index in [0.29, 0.717) is 24.2 Å². The smallest absolute Gasteiger partial charge is 0.261 e. The topological polar surface area (TPSA) is 104 Å². The molecule has 0 aliphatic carbocycles.